The molecule has 1 aliphatic heterocycles. The highest BCUT2D eigenvalue weighted by Crippen LogP contribution is 2.45. The number of carbonyl (C=O) groups excluding carboxylic acids is 2. The van der Waals surface area contributed by atoms with Crippen LogP contribution >= 0.6 is 11.6 Å². The maximum atomic E-state index is 12.8. The predicted octanol–water partition coefficient (Wildman–Crippen LogP) is 3.56. The summed E-state index contributed by atoms with van der Waals surface area (Å²) >= 11 is 6.03. The molecular weight excluding hydrogens is 302 g/mol. The zero-order valence-corrected chi connectivity index (χ0v) is 13.5. The first-order chi connectivity index (χ1) is 10.6. The normalized spacial score (nSPS) is 20.7. The number of benzene rings is 1. The van der Waals surface area contributed by atoms with Crippen molar-refractivity contribution in [3.05, 3.63) is 28.8 Å². The van der Waals surface area contributed by atoms with Gasteiger partial charge in [0.05, 0.1) is 19.1 Å². The van der Waals surface area contributed by atoms with E-state index in [2.05, 4.69) is 0 Å². The maximum Gasteiger partial charge on any atom is 0.236 e. The first-order valence-corrected chi connectivity index (χ1v) is 8.11. The summed E-state index contributed by atoms with van der Waals surface area (Å²) in [6.07, 6.45) is 5.25. The molecule has 4 nitrogen and oxygen atoms in total. The highest BCUT2D eigenvalue weighted by atomic mass is 35.5. The summed E-state index contributed by atoms with van der Waals surface area (Å²) in [6.45, 7) is 0.239. The minimum Gasteiger partial charge on any atom is -0.496 e. The SMILES string of the molecule is COc1ccc(Cl)cc1CN1C(=O)CC2(CCCCC2)C1=O. The number of carbonyl (C=O) groups is 2. The Morgan fingerprint density at radius 3 is 2.64 bits per heavy atom. The largest absolute Gasteiger partial charge is 0.496 e. The Kier molecular flexibility index (Phi) is 4.13. The standard InChI is InChI=1S/C17H20ClNO3/c1-22-14-6-5-13(18)9-12(14)11-19-15(20)10-17(16(19)21)7-3-2-4-8-17/h5-6,9H,2-4,7-8,10-11H2,1H3. The Bertz CT molecular complexity index is 608. The fourth-order valence-corrected chi connectivity index (χ4v) is 3.88. The molecule has 1 saturated heterocycles. The average Bonchev–Trinajstić information content (AvgIpc) is 2.73. The molecule has 0 unspecified atom stereocenters. The summed E-state index contributed by atoms with van der Waals surface area (Å²) in [5, 5.41) is 0.572. The van der Waals surface area contributed by atoms with E-state index in [1.807, 2.05) is 0 Å². The topological polar surface area (TPSA) is 46.6 Å². The molecule has 1 heterocycles. The van der Waals surface area contributed by atoms with Crippen LogP contribution in [0.3, 0.4) is 0 Å². The van der Waals surface area contributed by atoms with Crippen LogP contribution in [0, 0.1) is 5.41 Å². The summed E-state index contributed by atoms with van der Waals surface area (Å²) in [5.41, 5.74) is 0.325. The molecule has 22 heavy (non-hydrogen) atoms. The van der Waals surface area contributed by atoms with Crippen LogP contribution in [0.4, 0.5) is 0 Å². The number of likely N-dealkylation sites (tertiary alicyclic amines) is 1. The van der Waals surface area contributed by atoms with Crippen molar-refractivity contribution in [3.8, 4) is 5.75 Å². The Balaban J connectivity index is 1.85. The van der Waals surface area contributed by atoms with Crippen molar-refractivity contribution in [2.45, 2.75) is 45.1 Å². The molecule has 0 bridgehead atoms. The quantitative estimate of drug-likeness (QED) is 0.800. The number of ether oxygens (including phenoxy) is 1. The molecule has 0 radical (unpaired) electrons. The zero-order valence-electron chi connectivity index (χ0n) is 12.7. The molecule has 1 spiro atoms. The fraction of sp³-hybridized carbons (Fsp3) is 0.529. The van der Waals surface area contributed by atoms with Crippen molar-refractivity contribution < 1.29 is 14.3 Å². The maximum absolute atomic E-state index is 12.8. The zero-order chi connectivity index (χ0) is 15.7. The lowest BCUT2D eigenvalue weighted by molar-refractivity contribution is -0.142. The van der Waals surface area contributed by atoms with Gasteiger partial charge in [0, 0.05) is 17.0 Å². The first kappa shape index (κ1) is 15.3. The molecule has 2 fully saturated rings. The molecule has 3 rings (SSSR count). The second-order valence-corrected chi connectivity index (χ2v) is 6.70. The second-order valence-electron chi connectivity index (χ2n) is 6.26. The van der Waals surface area contributed by atoms with Crippen LogP contribution in [0.1, 0.15) is 44.1 Å². The van der Waals surface area contributed by atoms with Crippen molar-refractivity contribution in [3.63, 3.8) is 0 Å². The molecule has 0 atom stereocenters. The van der Waals surface area contributed by atoms with Crippen LogP contribution in [-0.4, -0.2) is 23.8 Å². The first-order valence-electron chi connectivity index (χ1n) is 7.73. The van der Waals surface area contributed by atoms with Crippen LogP contribution in [0.15, 0.2) is 18.2 Å². The molecule has 2 aliphatic rings. The third-order valence-electron chi connectivity index (χ3n) is 4.87. The van der Waals surface area contributed by atoms with Gasteiger partial charge in [-0.1, -0.05) is 30.9 Å². The van der Waals surface area contributed by atoms with Crippen molar-refractivity contribution in [2.75, 3.05) is 7.11 Å². The number of halogens is 1. The van der Waals surface area contributed by atoms with Gasteiger partial charge >= 0.3 is 0 Å². The smallest absolute Gasteiger partial charge is 0.236 e. The van der Waals surface area contributed by atoms with E-state index in [1.54, 1.807) is 25.3 Å². The third kappa shape index (κ3) is 2.60. The molecule has 2 amide bonds. The Morgan fingerprint density at radius 1 is 1.23 bits per heavy atom. The lowest BCUT2D eigenvalue weighted by Gasteiger charge is -2.30. The van der Waals surface area contributed by atoms with Crippen molar-refractivity contribution >= 4 is 23.4 Å². The lowest BCUT2D eigenvalue weighted by Crippen LogP contribution is -2.36. The lowest BCUT2D eigenvalue weighted by atomic mass is 9.73. The molecular formula is C17H20ClNO3. The van der Waals surface area contributed by atoms with Gasteiger partial charge < -0.3 is 4.74 Å². The molecule has 0 aromatic heterocycles. The third-order valence-corrected chi connectivity index (χ3v) is 5.11. The van der Waals surface area contributed by atoms with Gasteiger partial charge in [0.2, 0.25) is 11.8 Å². The summed E-state index contributed by atoms with van der Waals surface area (Å²) in [5.74, 6) is 0.558. The van der Waals surface area contributed by atoms with Crippen LogP contribution in [0.2, 0.25) is 5.02 Å². The number of nitrogens with zero attached hydrogens (tertiary/aromatic N) is 1. The summed E-state index contributed by atoms with van der Waals surface area (Å²) in [6, 6.07) is 5.26. The minimum atomic E-state index is -0.443. The number of hydrogen-bond donors (Lipinski definition) is 0. The van der Waals surface area contributed by atoms with Crippen LogP contribution in [-0.2, 0) is 16.1 Å². The Morgan fingerprint density at radius 2 is 1.95 bits per heavy atom. The Labute approximate surface area is 135 Å². The minimum absolute atomic E-state index is 0.0146. The second kappa shape index (κ2) is 5.92. The van der Waals surface area contributed by atoms with Gasteiger partial charge in [-0.25, -0.2) is 0 Å². The molecule has 1 aromatic carbocycles. The van der Waals surface area contributed by atoms with Gasteiger partial charge in [0.15, 0.2) is 0 Å². The van der Waals surface area contributed by atoms with E-state index in [0.29, 0.717) is 17.2 Å². The molecule has 0 N–H and O–H groups in total. The average molecular weight is 322 g/mol. The van der Waals surface area contributed by atoms with Crippen molar-refractivity contribution in [1.29, 1.82) is 0 Å². The van der Waals surface area contributed by atoms with Crippen molar-refractivity contribution in [2.24, 2.45) is 5.41 Å². The molecule has 5 heteroatoms. The monoisotopic (exact) mass is 321 g/mol. The molecule has 1 aliphatic carbocycles. The highest BCUT2D eigenvalue weighted by molar-refractivity contribution is 6.30. The molecule has 1 saturated carbocycles. The number of amides is 2. The van der Waals surface area contributed by atoms with E-state index >= 15 is 0 Å². The summed E-state index contributed by atoms with van der Waals surface area (Å²) in [4.78, 5) is 26.6. The van der Waals surface area contributed by atoms with Crippen molar-refractivity contribution in [1.82, 2.24) is 4.90 Å². The molecule has 1 aromatic rings. The van der Waals surface area contributed by atoms with E-state index in [-0.39, 0.29) is 18.4 Å². The fourth-order valence-electron chi connectivity index (χ4n) is 3.68. The number of rotatable bonds is 3. The van der Waals surface area contributed by atoms with Crippen LogP contribution in [0.5, 0.6) is 5.75 Å². The van der Waals surface area contributed by atoms with E-state index in [4.69, 9.17) is 16.3 Å². The van der Waals surface area contributed by atoms with E-state index < -0.39 is 5.41 Å². The highest BCUT2D eigenvalue weighted by Gasteiger charge is 2.51. The van der Waals surface area contributed by atoms with Gasteiger partial charge in [0.1, 0.15) is 5.75 Å². The van der Waals surface area contributed by atoms with E-state index in [9.17, 15) is 9.59 Å². The van der Waals surface area contributed by atoms with E-state index in [0.717, 1.165) is 37.7 Å². The van der Waals surface area contributed by atoms with Gasteiger partial charge in [-0.3, -0.25) is 14.5 Å². The summed E-state index contributed by atoms with van der Waals surface area (Å²) < 4.78 is 5.31. The predicted molar refractivity (Wildman–Crippen MR) is 83.7 cm³/mol. The molecule has 118 valence electrons. The summed E-state index contributed by atoms with van der Waals surface area (Å²) in [7, 11) is 1.57. The van der Waals surface area contributed by atoms with Crippen LogP contribution < -0.4 is 4.74 Å². The Hall–Kier alpha value is -1.55. The van der Waals surface area contributed by atoms with Gasteiger partial charge in [-0.2, -0.15) is 0 Å². The number of hydrogen-bond acceptors (Lipinski definition) is 3. The van der Waals surface area contributed by atoms with Gasteiger partial charge in [-0.05, 0) is 31.0 Å². The van der Waals surface area contributed by atoms with Gasteiger partial charge in [-0.15, -0.1) is 0 Å². The number of imide groups is 1. The van der Waals surface area contributed by atoms with Gasteiger partial charge in [0.25, 0.3) is 0 Å². The van der Waals surface area contributed by atoms with Crippen LogP contribution in [0.25, 0.3) is 0 Å². The van der Waals surface area contributed by atoms with E-state index in [1.165, 1.54) is 4.90 Å². The number of methoxy groups -OCH3 is 1.